The minimum absolute atomic E-state index is 0. The first-order valence-electron chi connectivity index (χ1n) is 7.66. The van der Waals surface area contributed by atoms with Crippen LogP contribution in [0, 0.1) is 5.41 Å². The van der Waals surface area contributed by atoms with Gasteiger partial charge in [-0.1, -0.05) is 6.07 Å². The molecule has 0 unspecified atom stereocenters. The van der Waals surface area contributed by atoms with Crippen LogP contribution in [0.2, 0.25) is 0 Å². The van der Waals surface area contributed by atoms with Crippen molar-refractivity contribution < 1.29 is 18.3 Å². The van der Waals surface area contributed by atoms with E-state index in [1.54, 1.807) is 6.07 Å². The Morgan fingerprint density at radius 3 is 2.74 bits per heavy atom. The van der Waals surface area contributed by atoms with E-state index in [4.69, 9.17) is 11.1 Å². The number of halogens is 2. The highest BCUT2D eigenvalue weighted by Crippen LogP contribution is 2.33. The molecule has 9 nitrogen and oxygen atoms in total. The van der Waals surface area contributed by atoms with Gasteiger partial charge in [-0.3, -0.25) is 10.2 Å². The zero-order valence-corrected chi connectivity index (χ0v) is 17.1. The summed E-state index contributed by atoms with van der Waals surface area (Å²) in [7, 11) is -3.99. The molecule has 0 radical (unpaired) electrons. The number of nitrogens with one attached hydrogen (secondary N) is 2. The molecular formula is C15H17BrClN5O4S. The normalized spacial score (nSPS) is 17.4. The SMILES string of the molecule is Cl.N=C(N)Nc1ncc(Br)c2ccc(S(=O)(=O)N3CCC[C@@H]3C(=O)O)cc12. The third-order valence-corrected chi connectivity index (χ3v) is 6.69. The average Bonchev–Trinajstić information content (AvgIpc) is 3.07. The van der Waals surface area contributed by atoms with Crippen molar-refractivity contribution in [1.29, 1.82) is 5.41 Å². The number of carbonyl (C=O) groups is 1. The van der Waals surface area contributed by atoms with Crippen LogP contribution in [0.15, 0.2) is 33.8 Å². The quantitative estimate of drug-likeness (QED) is 0.387. The molecule has 1 fully saturated rings. The van der Waals surface area contributed by atoms with E-state index >= 15 is 0 Å². The van der Waals surface area contributed by atoms with E-state index in [9.17, 15) is 18.3 Å². The van der Waals surface area contributed by atoms with Gasteiger partial charge in [-0.15, -0.1) is 12.4 Å². The Bertz CT molecular complexity index is 1020. The zero-order valence-electron chi connectivity index (χ0n) is 13.8. The first-order valence-corrected chi connectivity index (χ1v) is 9.89. The van der Waals surface area contributed by atoms with Gasteiger partial charge in [0.25, 0.3) is 0 Å². The Labute approximate surface area is 170 Å². The maximum atomic E-state index is 13.0. The summed E-state index contributed by atoms with van der Waals surface area (Å²) in [5, 5.41) is 20.3. The summed E-state index contributed by atoms with van der Waals surface area (Å²) < 4.78 is 27.6. The molecule has 0 aliphatic carbocycles. The summed E-state index contributed by atoms with van der Waals surface area (Å²) in [4.78, 5) is 15.4. The topological polar surface area (TPSA) is 149 Å². The molecule has 1 aromatic carbocycles. The summed E-state index contributed by atoms with van der Waals surface area (Å²) in [6, 6.07) is 3.37. The number of fused-ring (bicyclic) bond motifs is 1. The number of hydrogen-bond donors (Lipinski definition) is 4. The van der Waals surface area contributed by atoms with E-state index < -0.39 is 22.0 Å². The molecule has 5 N–H and O–H groups in total. The molecule has 1 aliphatic rings. The number of anilines is 1. The molecule has 2 aromatic rings. The van der Waals surface area contributed by atoms with Crippen molar-refractivity contribution in [2.45, 2.75) is 23.8 Å². The van der Waals surface area contributed by atoms with Crippen LogP contribution in [0.1, 0.15) is 12.8 Å². The van der Waals surface area contributed by atoms with E-state index in [0.29, 0.717) is 21.7 Å². The van der Waals surface area contributed by atoms with Crippen LogP contribution in [0.5, 0.6) is 0 Å². The number of guanidine groups is 1. The van der Waals surface area contributed by atoms with Gasteiger partial charge >= 0.3 is 5.97 Å². The van der Waals surface area contributed by atoms with Crippen LogP contribution in [0.4, 0.5) is 5.82 Å². The zero-order chi connectivity index (χ0) is 19.1. The summed E-state index contributed by atoms with van der Waals surface area (Å²) in [6.45, 7) is 0.159. The predicted molar refractivity (Wildman–Crippen MR) is 107 cm³/mol. The van der Waals surface area contributed by atoms with Crippen LogP contribution in [-0.4, -0.2) is 47.3 Å². The molecule has 0 saturated carbocycles. The molecule has 1 aromatic heterocycles. The first kappa shape index (κ1) is 21.4. The van der Waals surface area contributed by atoms with Gasteiger partial charge in [0.15, 0.2) is 5.96 Å². The number of rotatable bonds is 4. The van der Waals surface area contributed by atoms with Crippen molar-refractivity contribution in [3.63, 3.8) is 0 Å². The number of carboxylic acids is 1. The lowest BCUT2D eigenvalue weighted by atomic mass is 10.1. The van der Waals surface area contributed by atoms with Crippen molar-refractivity contribution in [2.24, 2.45) is 5.73 Å². The smallest absolute Gasteiger partial charge is 0.322 e. The molecule has 3 rings (SSSR count). The monoisotopic (exact) mass is 477 g/mol. The second-order valence-corrected chi connectivity index (χ2v) is 8.56. The lowest BCUT2D eigenvalue weighted by Gasteiger charge is -2.21. The molecule has 1 atom stereocenters. The molecule has 2 heterocycles. The van der Waals surface area contributed by atoms with Gasteiger partial charge in [0.2, 0.25) is 10.0 Å². The molecule has 1 aliphatic heterocycles. The summed E-state index contributed by atoms with van der Waals surface area (Å²) >= 11 is 3.35. The highest BCUT2D eigenvalue weighted by atomic mass is 79.9. The fourth-order valence-corrected chi connectivity index (χ4v) is 5.11. The number of aromatic nitrogens is 1. The first-order chi connectivity index (χ1) is 12.2. The number of benzene rings is 1. The van der Waals surface area contributed by atoms with Crippen LogP contribution in [0.25, 0.3) is 10.8 Å². The standard InChI is InChI=1S/C15H16BrN5O4S.ClH/c16-11-7-19-13(20-15(17)18)10-6-8(3-4-9(10)11)26(24,25)21-5-1-2-12(21)14(22)23;/h3-4,6-7,12H,1-2,5H2,(H,22,23)(H4,17,18,19,20);1H/t12-;/m1./s1. The fraction of sp³-hybridized carbons (Fsp3) is 0.267. The molecule has 27 heavy (non-hydrogen) atoms. The summed E-state index contributed by atoms with van der Waals surface area (Å²) in [5.41, 5.74) is 5.36. The third-order valence-electron chi connectivity index (χ3n) is 4.16. The van der Waals surface area contributed by atoms with E-state index in [1.165, 1.54) is 18.3 Å². The van der Waals surface area contributed by atoms with Gasteiger partial charge in [0, 0.05) is 28.0 Å². The molecule has 12 heteroatoms. The van der Waals surface area contributed by atoms with Crippen molar-refractivity contribution in [1.82, 2.24) is 9.29 Å². The largest absolute Gasteiger partial charge is 0.480 e. The van der Waals surface area contributed by atoms with Gasteiger partial charge < -0.3 is 16.2 Å². The average molecular weight is 479 g/mol. The maximum absolute atomic E-state index is 13.0. The van der Waals surface area contributed by atoms with Gasteiger partial charge in [-0.05, 0) is 40.9 Å². The van der Waals surface area contributed by atoms with Crippen molar-refractivity contribution in [2.75, 3.05) is 11.9 Å². The van der Waals surface area contributed by atoms with Gasteiger partial charge in [-0.2, -0.15) is 4.31 Å². The van der Waals surface area contributed by atoms with E-state index in [1.807, 2.05) is 0 Å². The van der Waals surface area contributed by atoms with E-state index in [2.05, 4.69) is 26.2 Å². The molecule has 0 amide bonds. The van der Waals surface area contributed by atoms with E-state index in [0.717, 1.165) is 4.31 Å². The number of sulfonamides is 1. The van der Waals surface area contributed by atoms with E-state index in [-0.39, 0.29) is 42.0 Å². The van der Waals surface area contributed by atoms with Crippen LogP contribution < -0.4 is 11.1 Å². The Balaban J connectivity index is 0.00000261. The van der Waals surface area contributed by atoms with Gasteiger partial charge in [-0.25, -0.2) is 13.4 Å². The maximum Gasteiger partial charge on any atom is 0.322 e. The molecular weight excluding hydrogens is 462 g/mol. The van der Waals surface area contributed by atoms with Crippen molar-refractivity contribution >= 4 is 66.9 Å². The van der Waals surface area contributed by atoms with Crippen LogP contribution >= 0.6 is 28.3 Å². The summed E-state index contributed by atoms with van der Waals surface area (Å²) in [5.74, 6) is -1.25. The highest BCUT2D eigenvalue weighted by molar-refractivity contribution is 9.10. The second-order valence-electron chi connectivity index (χ2n) is 5.81. The minimum Gasteiger partial charge on any atom is -0.480 e. The van der Waals surface area contributed by atoms with Crippen LogP contribution in [-0.2, 0) is 14.8 Å². The molecule has 0 bridgehead atoms. The Hall–Kier alpha value is -1.95. The van der Waals surface area contributed by atoms with Gasteiger partial charge in [0.1, 0.15) is 11.9 Å². The Morgan fingerprint density at radius 2 is 2.11 bits per heavy atom. The Morgan fingerprint density at radius 1 is 1.41 bits per heavy atom. The third kappa shape index (κ3) is 4.00. The lowest BCUT2D eigenvalue weighted by molar-refractivity contribution is -0.140. The summed E-state index contributed by atoms with van der Waals surface area (Å²) in [6.07, 6.45) is 2.29. The molecule has 0 spiro atoms. The lowest BCUT2D eigenvalue weighted by Crippen LogP contribution is -2.40. The number of aliphatic carboxylic acids is 1. The Kier molecular flexibility index (Phi) is 6.30. The molecule has 146 valence electrons. The van der Waals surface area contributed by atoms with Gasteiger partial charge in [0.05, 0.1) is 4.90 Å². The predicted octanol–water partition coefficient (Wildman–Crippen LogP) is 1.96. The number of hydrogen-bond acceptors (Lipinski definition) is 5. The minimum atomic E-state index is -3.99. The number of nitrogens with zero attached hydrogens (tertiary/aromatic N) is 2. The molecule has 1 saturated heterocycles. The fourth-order valence-electron chi connectivity index (χ4n) is 2.99. The number of nitrogens with two attached hydrogens (primary N) is 1. The number of pyridine rings is 1. The second kappa shape index (κ2) is 7.97. The van der Waals surface area contributed by atoms with Crippen LogP contribution in [0.3, 0.4) is 0 Å². The highest BCUT2D eigenvalue weighted by Gasteiger charge is 2.39. The number of carboxylic acid groups (broad SMARTS) is 1. The van der Waals surface area contributed by atoms with Crippen molar-refractivity contribution in [3.05, 3.63) is 28.9 Å². The van der Waals surface area contributed by atoms with Crippen molar-refractivity contribution in [3.8, 4) is 0 Å².